The Kier molecular flexibility index (Phi) is 7.32. The van der Waals surface area contributed by atoms with Gasteiger partial charge in [-0.15, -0.1) is 0 Å². The van der Waals surface area contributed by atoms with Crippen LogP contribution >= 0.6 is 0 Å². The van der Waals surface area contributed by atoms with Gasteiger partial charge in [0.2, 0.25) is 8.32 Å². The molecule has 0 bridgehead atoms. The van der Waals surface area contributed by atoms with E-state index in [2.05, 4.69) is 60.1 Å². The molecule has 0 aromatic rings. The molecule has 0 radical (unpaired) electrons. The lowest BCUT2D eigenvalue weighted by Crippen LogP contribution is -2.73. The van der Waals surface area contributed by atoms with Crippen LogP contribution < -0.4 is 0 Å². The molecule has 0 amide bonds. The molecule has 0 N–H and O–H groups in total. The second-order valence-electron chi connectivity index (χ2n) is 10.9. The number of rotatable bonds is 12. The zero-order valence-electron chi connectivity index (χ0n) is 19.4. The fraction of sp³-hybridized carbons (Fsp3) is 1.00. The third-order valence-electron chi connectivity index (χ3n) is 7.08. The maximum atomic E-state index is 7.18. The molecule has 2 rings (SSSR count). The topological polar surface area (TPSA) is 40.2 Å². The van der Waals surface area contributed by atoms with Crippen molar-refractivity contribution in [1.82, 2.24) is 0 Å². The minimum Gasteiger partial charge on any atom is -0.412 e. The predicted octanol–water partition coefficient (Wildman–Crippen LogP) is 5.35. The summed E-state index contributed by atoms with van der Waals surface area (Å²) in [7, 11) is -5.04. The molecule has 0 saturated carbocycles. The van der Waals surface area contributed by atoms with Crippen molar-refractivity contribution < 1.29 is 18.3 Å². The van der Waals surface area contributed by atoms with Gasteiger partial charge in [0.1, 0.15) is 6.10 Å². The summed E-state index contributed by atoms with van der Waals surface area (Å²) in [4.78, 5) is 0. The van der Waals surface area contributed by atoms with Crippen molar-refractivity contribution in [2.75, 3.05) is 19.8 Å². The van der Waals surface area contributed by atoms with Crippen LogP contribution in [-0.4, -0.2) is 61.1 Å². The summed E-state index contributed by atoms with van der Waals surface area (Å²) in [5.41, 5.74) is 0. The Morgan fingerprint density at radius 2 is 1.85 bits per heavy atom. The van der Waals surface area contributed by atoms with E-state index in [1.165, 1.54) is 18.5 Å². The smallest absolute Gasteiger partial charge is 0.219 e. The molecule has 4 nitrogen and oxygen atoms in total. The maximum Gasteiger partial charge on any atom is 0.219 e. The minimum atomic E-state index is -1.89. The van der Waals surface area contributed by atoms with Gasteiger partial charge in [-0.2, -0.15) is 0 Å². The number of ether oxygens (including phenoxy) is 2. The van der Waals surface area contributed by atoms with Crippen molar-refractivity contribution in [3.05, 3.63) is 0 Å². The first-order valence-corrected chi connectivity index (χ1v) is 20.1. The highest BCUT2D eigenvalue weighted by Gasteiger charge is 2.62. The molecule has 2 fully saturated rings. The van der Waals surface area contributed by atoms with Crippen LogP contribution in [0.2, 0.25) is 51.4 Å². The molecule has 27 heavy (non-hydrogen) atoms. The lowest BCUT2D eigenvalue weighted by atomic mass is 10.3. The SMILES string of the molecule is CCC(C)(O[Si]1(C)CCC1(C)O[Si](C)(C)C)[Si](C)(C)CCCOCC1CO1. The first-order valence-electron chi connectivity index (χ1n) is 10.9. The van der Waals surface area contributed by atoms with E-state index in [-0.39, 0.29) is 10.4 Å². The zero-order chi connectivity index (χ0) is 20.6. The number of hydrogen-bond acceptors (Lipinski definition) is 4. The molecule has 2 heterocycles. The summed E-state index contributed by atoms with van der Waals surface area (Å²) in [6.07, 6.45) is 3.76. The molecule has 160 valence electrons. The third kappa shape index (κ3) is 5.77. The van der Waals surface area contributed by atoms with Crippen LogP contribution in [0.1, 0.15) is 40.0 Å². The van der Waals surface area contributed by atoms with Crippen LogP contribution in [0.3, 0.4) is 0 Å². The Hall–Kier alpha value is 0.491. The van der Waals surface area contributed by atoms with Gasteiger partial charge in [0.25, 0.3) is 0 Å². The second kappa shape index (κ2) is 8.32. The molecule has 0 aromatic heterocycles. The second-order valence-corrected chi connectivity index (χ2v) is 24.9. The van der Waals surface area contributed by atoms with E-state index in [1.54, 1.807) is 0 Å². The molecule has 2 aliphatic heterocycles. The summed E-state index contributed by atoms with van der Waals surface area (Å²) in [6.45, 7) is 23.9. The van der Waals surface area contributed by atoms with Crippen molar-refractivity contribution in [2.24, 2.45) is 0 Å². The van der Waals surface area contributed by atoms with Crippen molar-refractivity contribution in [2.45, 2.75) is 108 Å². The average Bonchev–Trinajstić information content (AvgIpc) is 3.35. The average molecular weight is 433 g/mol. The van der Waals surface area contributed by atoms with Crippen LogP contribution in [0.5, 0.6) is 0 Å². The minimum absolute atomic E-state index is 0.00818. The largest absolute Gasteiger partial charge is 0.412 e. The Labute approximate surface area is 171 Å². The summed E-state index contributed by atoms with van der Waals surface area (Å²) < 4.78 is 24.8. The van der Waals surface area contributed by atoms with Gasteiger partial charge in [0.05, 0.1) is 26.5 Å². The summed E-state index contributed by atoms with van der Waals surface area (Å²) in [5.74, 6) is 0. The third-order valence-corrected chi connectivity index (χ3v) is 18.2. The molecular formula is C20H44O4Si3. The molecule has 4 atom stereocenters. The van der Waals surface area contributed by atoms with Gasteiger partial charge in [0.15, 0.2) is 8.32 Å². The van der Waals surface area contributed by atoms with Crippen LogP contribution in [0.4, 0.5) is 0 Å². The van der Waals surface area contributed by atoms with Gasteiger partial charge in [-0.05, 0) is 65.3 Å². The molecule has 0 aliphatic carbocycles. The van der Waals surface area contributed by atoms with Gasteiger partial charge in [-0.25, -0.2) is 0 Å². The molecule has 7 heteroatoms. The van der Waals surface area contributed by atoms with Gasteiger partial charge >= 0.3 is 0 Å². The quantitative estimate of drug-likeness (QED) is 0.237. The lowest BCUT2D eigenvalue weighted by Gasteiger charge is -2.60. The van der Waals surface area contributed by atoms with Crippen LogP contribution in [-0.2, 0) is 18.3 Å². The highest BCUT2D eigenvalue weighted by atomic mass is 28.4. The normalized spacial score (nSPS) is 33.4. The maximum absolute atomic E-state index is 7.18. The summed E-state index contributed by atoms with van der Waals surface area (Å²) in [6, 6.07) is 2.48. The van der Waals surface area contributed by atoms with E-state index in [0.717, 1.165) is 32.7 Å². The molecule has 0 aromatic carbocycles. The van der Waals surface area contributed by atoms with Crippen molar-refractivity contribution in [1.29, 1.82) is 0 Å². The van der Waals surface area contributed by atoms with Crippen LogP contribution in [0.25, 0.3) is 0 Å². The first kappa shape index (κ1) is 23.8. The Morgan fingerprint density at radius 3 is 2.30 bits per heavy atom. The highest BCUT2D eigenvalue weighted by Crippen LogP contribution is 2.50. The number of hydrogen-bond donors (Lipinski definition) is 0. The first-order chi connectivity index (χ1) is 12.3. The molecule has 2 aliphatic rings. The standard InChI is InChI=1S/C20H44O4Si3/c1-10-19(2,26(7,8)14-11-13-21-16-18-17-22-18)24-27(9)15-12-20(27,3)23-25(4,5)6/h18H,10-17H2,1-9H3. The summed E-state index contributed by atoms with van der Waals surface area (Å²) >= 11 is 0. The van der Waals surface area contributed by atoms with E-state index in [9.17, 15) is 0 Å². The lowest BCUT2D eigenvalue weighted by molar-refractivity contribution is 0.0457. The Bertz CT molecular complexity index is 506. The van der Waals surface area contributed by atoms with Crippen LogP contribution in [0, 0.1) is 0 Å². The van der Waals surface area contributed by atoms with E-state index in [1.807, 2.05) is 0 Å². The van der Waals surface area contributed by atoms with Gasteiger partial charge in [0, 0.05) is 11.8 Å². The van der Waals surface area contributed by atoms with Crippen LogP contribution in [0.15, 0.2) is 0 Å². The van der Waals surface area contributed by atoms with E-state index in [0.29, 0.717) is 6.10 Å². The Morgan fingerprint density at radius 1 is 1.22 bits per heavy atom. The van der Waals surface area contributed by atoms with Crippen molar-refractivity contribution >= 4 is 24.7 Å². The molecule has 4 unspecified atom stereocenters. The number of epoxide rings is 1. The fourth-order valence-corrected chi connectivity index (χ4v) is 14.9. The van der Waals surface area contributed by atoms with Crippen molar-refractivity contribution in [3.63, 3.8) is 0 Å². The van der Waals surface area contributed by atoms with E-state index in [4.69, 9.17) is 18.3 Å². The predicted molar refractivity (Wildman–Crippen MR) is 121 cm³/mol. The van der Waals surface area contributed by atoms with Crippen molar-refractivity contribution in [3.8, 4) is 0 Å². The highest BCUT2D eigenvalue weighted by molar-refractivity contribution is 6.84. The van der Waals surface area contributed by atoms with E-state index >= 15 is 0 Å². The fourth-order valence-electron chi connectivity index (χ4n) is 4.27. The Balaban J connectivity index is 1.96. The van der Waals surface area contributed by atoms with Gasteiger partial charge in [-0.3, -0.25) is 0 Å². The molecule has 2 saturated heterocycles. The van der Waals surface area contributed by atoms with E-state index < -0.39 is 24.7 Å². The zero-order valence-corrected chi connectivity index (χ0v) is 22.4. The monoisotopic (exact) mass is 432 g/mol. The molecule has 0 spiro atoms. The van der Waals surface area contributed by atoms with Gasteiger partial charge in [-0.1, -0.05) is 26.1 Å². The van der Waals surface area contributed by atoms with Gasteiger partial charge < -0.3 is 18.3 Å². The summed E-state index contributed by atoms with van der Waals surface area (Å²) in [5, 5.41) is 0.00378. The molecular weight excluding hydrogens is 388 g/mol.